The van der Waals surface area contributed by atoms with Crippen molar-refractivity contribution in [1.29, 1.82) is 5.26 Å². The van der Waals surface area contributed by atoms with Gasteiger partial charge < -0.3 is 11.5 Å². The average Bonchev–Trinajstić information content (AvgIpc) is 2.38. The van der Waals surface area contributed by atoms with Gasteiger partial charge in [-0.2, -0.15) is 10.2 Å². The molecular formula is C11H7ClN6O2. The van der Waals surface area contributed by atoms with Gasteiger partial charge in [0.05, 0.1) is 10.6 Å². The minimum atomic E-state index is -0.633. The fourth-order valence-electron chi connectivity index (χ4n) is 1.62. The molecule has 0 aliphatic rings. The van der Waals surface area contributed by atoms with Crippen LogP contribution in [0.25, 0.3) is 11.3 Å². The Labute approximate surface area is 117 Å². The van der Waals surface area contributed by atoms with Crippen molar-refractivity contribution in [2.75, 3.05) is 11.5 Å². The van der Waals surface area contributed by atoms with Crippen molar-refractivity contribution in [3.63, 3.8) is 0 Å². The number of halogens is 1. The van der Waals surface area contributed by atoms with Crippen LogP contribution in [-0.4, -0.2) is 14.9 Å². The zero-order valence-electron chi connectivity index (χ0n) is 9.87. The number of nitro groups is 1. The lowest BCUT2D eigenvalue weighted by atomic mass is 10.1. The van der Waals surface area contributed by atoms with E-state index in [1.54, 1.807) is 0 Å². The Morgan fingerprint density at radius 1 is 1.35 bits per heavy atom. The molecule has 1 aromatic carbocycles. The molecule has 0 unspecified atom stereocenters. The highest BCUT2D eigenvalue weighted by Crippen LogP contribution is 2.32. The van der Waals surface area contributed by atoms with Crippen LogP contribution < -0.4 is 11.5 Å². The van der Waals surface area contributed by atoms with Crippen LogP contribution in [0.1, 0.15) is 5.56 Å². The SMILES string of the molecule is N#Cc1c(N)nc(N)nc1-c1ccc(Cl)c([N+](=O)[O-])c1. The molecule has 1 heterocycles. The van der Waals surface area contributed by atoms with Crippen LogP contribution in [0.2, 0.25) is 5.02 Å². The largest absolute Gasteiger partial charge is 0.382 e. The second kappa shape index (κ2) is 4.99. The predicted molar refractivity (Wildman–Crippen MR) is 72.7 cm³/mol. The number of anilines is 2. The second-order valence-electron chi connectivity index (χ2n) is 3.73. The fraction of sp³-hybridized carbons (Fsp3) is 0. The van der Waals surface area contributed by atoms with E-state index in [4.69, 9.17) is 28.3 Å². The summed E-state index contributed by atoms with van der Waals surface area (Å²) < 4.78 is 0. The first-order valence-corrected chi connectivity index (χ1v) is 5.59. The number of nitrogens with two attached hydrogens (primary N) is 2. The maximum atomic E-state index is 10.9. The van der Waals surface area contributed by atoms with Crippen molar-refractivity contribution in [2.24, 2.45) is 0 Å². The lowest BCUT2D eigenvalue weighted by Gasteiger charge is -2.06. The first-order valence-electron chi connectivity index (χ1n) is 5.21. The van der Waals surface area contributed by atoms with E-state index in [9.17, 15) is 10.1 Å². The van der Waals surface area contributed by atoms with E-state index in [0.717, 1.165) is 0 Å². The van der Waals surface area contributed by atoms with Gasteiger partial charge in [0, 0.05) is 11.6 Å². The number of hydrogen-bond acceptors (Lipinski definition) is 7. The zero-order chi connectivity index (χ0) is 14.9. The second-order valence-corrected chi connectivity index (χ2v) is 4.13. The van der Waals surface area contributed by atoms with Crippen molar-refractivity contribution >= 4 is 29.1 Å². The summed E-state index contributed by atoms with van der Waals surface area (Å²) in [6.07, 6.45) is 0. The van der Waals surface area contributed by atoms with E-state index < -0.39 is 4.92 Å². The van der Waals surface area contributed by atoms with Crippen LogP contribution in [0.4, 0.5) is 17.5 Å². The number of nitro benzene ring substituents is 1. The molecular weight excluding hydrogens is 284 g/mol. The Balaban J connectivity index is 2.72. The molecule has 0 atom stereocenters. The molecule has 0 bridgehead atoms. The van der Waals surface area contributed by atoms with Gasteiger partial charge in [0.2, 0.25) is 5.95 Å². The van der Waals surface area contributed by atoms with E-state index in [-0.39, 0.29) is 33.7 Å². The summed E-state index contributed by atoms with van der Waals surface area (Å²) in [6, 6.07) is 5.86. The summed E-state index contributed by atoms with van der Waals surface area (Å²) in [5.74, 6) is -0.221. The highest BCUT2D eigenvalue weighted by atomic mass is 35.5. The predicted octanol–water partition coefficient (Wildman–Crippen LogP) is 1.74. The lowest BCUT2D eigenvalue weighted by Crippen LogP contribution is -2.05. The van der Waals surface area contributed by atoms with Crippen molar-refractivity contribution in [2.45, 2.75) is 0 Å². The molecule has 0 aliphatic heterocycles. The van der Waals surface area contributed by atoms with Gasteiger partial charge in [-0.25, -0.2) is 4.98 Å². The summed E-state index contributed by atoms with van der Waals surface area (Å²) >= 11 is 5.73. The Morgan fingerprint density at radius 2 is 2.05 bits per heavy atom. The molecule has 0 fully saturated rings. The summed E-state index contributed by atoms with van der Waals surface area (Å²) in [6.45, 7) is 0. The normalized spacial score (nSPS) is 10.0. The van der Waals surface area contributed by atoms with Crippen LogP contribution in [0.15, 0.2) is 18.2 Å². The number of aromatic nitrogens is 2. The number of nitriles is 1. The Bertz CT molecular complexity index is 755. The van der Waals surface area contributed by atoms with Crippen LogP contribution in [0.5, 0.6) is 0 Å². The van der Waals surface area contributed by atoms with Gasteiger partial charge in [-0.15, -0.1) is 0 Å². The smallest absolute Gasteiger partial charge is 0.288 e. The third kappa shape index (κ3) is 2.30. The molecule has 4 N–H and O–H groups in total. The highest BCUT2D eigenvalue weighted by Gasteiger charge is 2.18. The fourth-order valence-corrected chi connectivity index (χ4v) is 1.80. The van der Waals surface area contributed by atoms with Crippen molar-refractivity contribution in [3.05, 3.63) is 38.9 Å². The molecule has 1 aromatic heterocycles. The maximum Gasteiger partial charge on any atom is 0.288 e. The molecule has 2 rings (SSSR count). The Morgan fingerprint density at radius 3 is 2.65 bits per heavy atom. The van der Waals surface area contributed by atoms with Gasteiger partial charge in [0.25, 0.3) is 5.69 Å². The van der Waals surface area contributed by atoms with E-state index in [2.05, 4.69) is 9.97 Å². The standard InChI is InChI=1S/C11H7ClN6O2/c12-7-2-1-5(3-8(7)18(19)20)9-6(4-13)10(14)17-11(15)16-9/h1-3H,(H4,14,15,16,17). The van der Waals surface area contributed by atoms with Crippen molar-refractivity contribution in [3.8, 4) is 17.3 Å². The number of benzene rings is 1. The number of hydrogen-bond donors (Lipinski definition) is 2. The maximum absolute atomic E-state index is 10.9. The number of nitrogen functional groups attached to an aromatic ring is 2. The molecule has 0 aliphatic carbocycles. The Hall–Kier alpha value is -2.92. The first kappa shape index (κ1) is 13.5. The van der Waals surface area contributed by atoms with Gasteiger partial charge in [-0.3, -0.25) is 10.1 Å². The minimum absolute atomic E-state index is 0.00387. The summed E-state index contributed by atoms with van der Waals surface area (Å²) in [5.41, 5.74) is 11.2. The van der Waals surface area contributed by atoms with E-state index in [0.29, 0.717) is 5.56 Å². The Kier molecular flexibility index (Phi) is 3.37. The van der Waals surface area contributed by atoms with Crippen LogP contribution in [0, 0.1) is 21.4 Å². The van der Waals surface area contributed by atoms with Gasteiger partial charge in [-0.05, 0) is 6.07 Å². The monoisotopic (exact) mass is 290 g/mol. The molecule has 2 aromatic rings. The highest BCUT2D eigenvalue weighted by molar-refractivity contribution is 6.32. The molecule has 0 spiro atoms. The molecule has 0 amide bonds. The molecule has 0 radical (unpaired) electrons. The summed E-state index contributed by atoms with van der Waals surface area (Å²) in [4.78, 5) is 17.8. The topological polar surface area (TPSA) is 145 Å². The van der Waals surface area contributed by atoms with E-state index in [1.165, 1.54) is 18.2 Å². The molecule has 0 saturated carbocycles. The zero-order valence-corrected chi connectivity index (χ0v) is 10.6. The van der Waals surface area contributed by atoms with E-state index >= 15 is 0 Å². The lowest BCUT2D eigenvalue weighted by molar-refractivity contribution is -0.384. The molecule has 9 heteroatoms. The van der Waals surface area contributed by atoms with Gasteiger partial charge in [0.1, 0.15) is 22.5 Å². The third-order valence-electron chi connectivity index (χ3n) is 2.48. The number of rotatable bonds is 2. The van der Waals surface area contributed by atoms with Crippen LogP contribution in [-0.2, 0) is 0 Å². The first-order chi connectivity index (χ1) is 9.43. The van der Waals surface area contributed by atoms with Gasteiger partial charge >= 0.3 is 0 Å². The van der Waals surface area contributed by atoms with Gasteiger partial charge in [0.15, 0.2) is 0 Å². The third-order valence-corrected chi connectivity index (χ3v) is 2.80. The summed E-state index contributed by atoms with van der Waals surface area (Å²) in [5, 5.41) is 19.9. The van der Waals surface area contributed by atoms with Crippen molar-refractivity contribution < 1.29 is 4.92 Å². The molecule has 0 saturated heterocycles. The average molecular weight is 291 g/mol. The quantitative estimate of drug-likeness (QED) is 0.632. The molecule has 100 valence electrons. The molecule has 8 nitrogen and oxygen atoms in total. The minimum Gasteiger partial charge on any atom is -0.382 e. The van der Waals surface area contributed by atoms with E-state index in [1.807, 2.05) is 6.07 Å². The van der Waals surface area contributed by atoms with Crippen molar-refractivity contribution in [1.82, 2.24) is 9.97 Å². The molecule has 20 heavy (non-hydrogen) atoms. The summed E-state index contributed by atoms with van der Waals surface area (Å²) in [7, 11) is 0. The van der Waals surface area contributed by atoms with Crippen LogP contribution in [0.3, 0.4) is 0 Å². The van der Waals surface area contributed by atoms with Crippen LogP contribution >= 0.6 is 11.6 Å². The van der Waals surface area contributed by atoms with Gasteiger partial charge in [-0.1, -0.05) is 17.7 Å². The number of nitrogens with zero attached hydrogens (tertiary/aromatic N) is 4.